The number of carbonyl (C=O) groups excluding carboxylic acids is 2. The van der Waals surface area contributed by atoms with Crippen molar-refractivity contribution in [2.24, 2.45) is 0 Å². The summed E-state index contributed by atoms with van der Waals surface area (Å²) in [5, 5.41) is 6.32. The molecule has 2 aliphatic heterocycles. The smallest absolute Gasteiger partial charge is 0.220 e. The van der Waals surface area contributed by atoms with Crippen LogP contribution in [0.3, 0.4) is 0 Å². The average Bonchev–Trinajstić information content (AvgIpc) is 3.21. The second-order valence-corrected chi connectivity index (χ2v) is 9.25. The Labute approximate surface area is 195 Å². The molecule has 2 saturated heterocycles. The number of ether oxygens (including phenoxy) is 1. The number of hydrogen-bond acceptors (Lipinski definition) is 5. The molecular weight excluding hydrogens is 416 g/mol. The highest BCUT2D eigenvalue weighted by Crippen LogP contribution is 2.30. The standard InChI is InChI=1S/C26H34N4O3/c1-20-4-6-21(7-5-20)17-26(11-9-25(32)29-26)10-8-24(31)28-19-23(22-3-2-12-27-18-22)30-13-15-33-16-14-30/h2-7,12,18,23H,8-11,13-17,19H2,1H3,(H,28,31)(H,29,32)/t23-,26+/m1/s1. The maximum absolute atomic E-state index is 12.9. The van der Waals surface area contributed by atoms with Crippen molar-refractivity contribution in [2.75, 3.05) is 32.8 Å². The number of carbonyl (C=O) groups is 2. The van der Waals surface area contributed by atoms with Crippen molar-refractivity contribution < 1.29 is 14.3 Å². The van der Waals surface area contributed by atoms with E-state index < -0.39 is 0 Å². The number of nitrogens with one attached hydrogen (secondary N) is 2. The molecule has 7 nitrogen and oxygen atoms in total. The predicted molar refractivity (Wildman–Crippen MR) is 127 cm³/mol. The molecule has 0 radical (unpaired) electrons. The molecule has 176 valence electrons. The molecular formula is C26H34N4O3. The van der Waals surface area contributed by atoms with Crippen molar-refractivity contribution in [3.8, 4) is 0 Å². The molecule has 3 heterocycles. The molecule has 0 saturated carbocycles. The summed E-state index contributed by atoms with van der Waals surface area (Å²) >= 11 is 0. The second-order valence-electron chi connectivity index (χ2n) is 9.25. The van der Waals surface area contributed by atoms with Crippen molar-refractivity contribution in [2.45, 2.75) is 50.6 Å². The highest BCUT2D eigenvalue weighted by Gasteiger charge is 2.38. The van der Waals surface area contributed by atoms with Crippen LogP contribution in [-0.2, 0) is 20.7 Å². The van der Waals surface area contributed by atoms with Gasteiger partial charge >= 0.3 is 0 Å². The van der Waals surface area contributed by atoms with Crippen LogP contribution in [0.25, 0.3) is 0 Å². The summed E-state index contributed by atoms with van der Waals surface area (Å²) in [6, 6.07) is 12.5. The molecule has 1 aromatic carbocycles. The van der Waals surface area contributed by atoms with Crippen LogP contribution in [0.15, 0.2) is 48.8 Å². The van der Waals surface area contributed by atoms with Gasteiger partial charge in [-0.2, -0.15) is 0 Å². The molecule has 2 fully saturated rings. The topological polar surface area (TPSA) is 83.6 Å². The van der Waals surface area contributed by atoms with E-state index in [2.05, 4.69) is 57.8 Å². The van der Waals surface area contributed by atoms with Gasteiger partial charge in [0.2, 0.25) is 11.8 Å². The van der Waals surface area contributed by atoms with Crippen molar-refractivity contribution >= 4 is 11.8 Å². The molecule has 4 rings (SSSR count). The minimum absolute atomic E-state index is 0.0154. The lowest BCUT2D eigenvalue weighted by Gasteiger charge is -2.35. The quantitative estimate of drug-likeness (QED) is 0.614. The Balaban J connectivity index is 1.36. The van der Waals surface area contributed by atoms with Crippen molar-refractivity contribution in [3.05, 3.63) is 65.5 Å². The van der Waals surface area contributed by atoms with Gasteiger partial charge in [-0.15, -0.1) is 0 Å². The Bertz CT molecular complexity index is 928. The van der Waals surface area contributed by atoms with Crippen LogP contribution < -0.4 is 10.6 Å². The summed E-state index contributed by atoms with van der Waals surface area (Å²) in [4.78, 5) is 31.5. The van der Waals surface area contributed by atoms with E-state index in [1.54, 1.807) is 6.20 Å². The number of rotatable bonds is 9. The first-order chi connectivity index (χ1) is 16.0. The minimum atomic E-state index is -0.351. The van der Waals surface area contributed by atoms with Crippen LogP contribution in [0, 0.1) is 6.92 Å². The number of nitrogens with zero attached hydrogens (tertiary/aromatic N) is 2. The van der Waals surface area contributed by atoms with Crippen molar-refractivity contribution in [1.82, 2.24) is 20.5 Å². The van der Waals surface area contributed by atoms with Gasteiger partial charge in [0.25, 0.3) is 0 Å². The first-order valence-electron chi connectivity index (χ1n) is 11.9. The van der Waals surface area contributed by atoms with Crippen LogP contribution in [-0.4, -0.2) is 60.1 Å². The monoisotopic (exact) mass is 450 g/mol. The minimum Gasteiger partial charge on any atom is -0.379 e. The van der Waals surface area contributed by atoms with E-state index in [9.17, 15) is 9.59 Å². The SMILES string of the molecule is Cc1ccc(C[C@]2(CCC(=O)NC[C@H](c3cccnc3)N3CCOCC3)CCC(=O)N2)cc1. The largest absolute Gasteiger partial charge is 0.379 e. The van der Waals surface area contributed by atoms with Crippen molar-refractivity contribution in [1.29, 1.82) is 0 Å². The highest BCUT2D eigenvalue weighted by atomic mass is 16.5. The summed E-state index contributed by atoms with van der Waals surface area (Å²) in [5.41, 5.74) is 3.15. The molecule has 0 aliphatic carbocycles. The fourth-order valence-corrected chi connectivity index (χ4v) is 4.85. The maximum Gasteiger partial charge on any atom is 0.220 e. The molecule has 0 unspecified atom stereocenters. The van der Waals surface area contributed by atoms with Gasteiger partial charge in [-0.3, -0.25) is 19.5 Å². The molecule has 33 heavy (non-hydrogen) atoms. The molecule has 0 spiro atoms. The second kappa shape index (κ2) is 10.9. The normalized spacial score (nSPS) is 22.0. The first-order valence-corrected chi connectivity index (χ1v) is 11.9. The lowest BCUT2D eigenvalue weighted by Crippen LogP contribution is -2.46. The predicted octanol–water partition coefficient (Wildman–Crippen LogP) is 2.55. The lowest BCUT2D eigenvalue weighted by atomic mass is 9.84. The zero-order valence-electron chi connectivity index (χ0n) is 19.4. The van der Waals surface area contributed by atoms with Gasteiger partial charge in [-0.05, 0) is 43.4 Å². The molecule has 0 bridgehead atoms. The molecule has 2 amide bonds. The van der Waals surface area contributed by atoms with Crippen LogP contribution >= 0.6 is 0 Å². The summed E-state index contributed by atoms with van der Waals surface area (Å²) in [6.45, 7) is 5.67. The van der Waals surface area contributed by atoms with E-state index in [4.69, 9.17) is 4.74 Å². The van der Waals surface area contributed by atoms with Crippen LogP contribution in [0.2, 0.25) is 0 Å². The van der Waals surface area contributed by atoms with E-state index in [0.717, 1.165) is 31.5 Å². The third-order valence-corrected chi connectivity index (χ3v) is 6.78. The Hall–Kier alpha value is -2.77. The van der Waals surface area contributed by atoms with E-state index in [1.807, 2.05) is 12.3 Å². The summed E-state index contributed by atoms with van der Waals surface area (Å²) in [7, 11) is 0. The average molecular weight is 451 g/mol. The number of aryl methyl sites for hydroxylation is 1. The Morgan fingerprint density at radius 3 is 2.70 bits per heavy atom. The van der Waals surface area contributed by atoms with E-state index >= 15 is 0 Å². The van der Waals surface area contributed by atoms with Gasteiger partial charge in [0, 0.05) is 50.4 Å². The molecule has 2 atom stereocenters. The van der Waals surface area contributed by atoms with Gasteiger partial charge in [0.15, 0.2) is 0 Å². The Morgan fingerprint density at radius 2 is 2.03 bits per heavy atom. The number of benzene rings is 1. The van der Waals surface area contributed by atoms with Gasteiger partial charge in [0.05, 0.1) is 19.3 Å². The molecule has 1 aromatic heterocycles. The number of morpholine rings is 1. The number of pyridine rings is 1. The first kappa shape index (κ1) is 23.4. The zero-order valence-corrected chi connectivity index (χ0v) is 19.4. The molecule has 7 heteroatoms. The third kappa shape index (κ3) is 6.39. The fraction of sp³-hybridized carbons (Fsp3) is 0.500. The van der Waals surface area contributed by atoms with Crippen molar-refractivity contribution in [3.63, 3.8) is 0 Å². The summed E-state index contributed by atoms with van der Waals surface area (Å²) in [6.07, 6.45) is 6.69. The van der Waals surface area contributed by atoms with Gasteiger partial charge in [0.1, 0.15) is 0 Å². The van der Waals surface area contributed by atoms with Gasteiger partial charge < -0.3 is 15.4 Å². The Morgan fingerprint density at radius 1 is 1.24 bits per heavy atom. The highest BCUT2D eigenvalue weighted by molar-refractivity contribution is 5.80. The molecule has 2 aliphatic rings. The number of amides is 2. The maximum atomic E-state index is 12.9. The van der Waals surface area contributed by atoms with Gasteiger partial charge in [-0.25, -0.2) is 0 Å². The Kier molecular flexibility index (Phi) is 7.73. The summed E-state index contributed by atoms with van der Waals surface area (Å²) < 4.78 is 5.50. The zero-order chi connectivity index (χ0) is 23.1. The molecule has 2 N–H and O–H groups in total. The van der Waals surface area contributed by atoms with Crippen LogP contribution in [0.4, 0.5) is 0 Å². The molecule has 2 aromatic rings. The fourth-order valence-electron chi connectivity index (χ4n) is 4.85. The third-order valence-electron chi connectivity index (χ3n) is 6.78. The summed E-state index contributed by atoms with van der Waals surface area (Å²) in [5.74, 6) is 0.0908. The van der Waals surface area contributed by atoms with E-state index in [0.29, 0.717) is 39.0 Å². The van der Waals surface area contributed by atoms with E-state index in [1.165, 1.54) is 11.1 Å². The lowest BCUT2D eigenvalue weighted by molar-refractivity contribution is -0.123. The van der Waals surface area contributed by atoms with Crippen LogP contribution in [0.5, 0.6) is 0 Å². The van der Waals surface area contributed by atoms with E-state index in [-0.39, 0.29) is 23.4 Å². The number of hydrogen-bond donors (Lipinski definition) is 2. The van der Waals surface area contributed by atoms with Crippen LogP contribution in [0.1, 0.15) is 48.4 Å². The van der Waals surface area contributed by atoms with Gasteiger partial charge in [-0.1, -0.05) is 35.9 Å². The number of aromatic nitrogens is 1.